The standard InChI is InChI=1S/C32H52N2O4/c1-19(2)20-10-15-32(18-37-26(33)35)17-16-30(6)21(25(20)32)8-9-23-29(5)13-12-24(38-27(34)36)28(3,4)22(29)11-14-31(23,30)7/h20-25H,1,8-18H2,2-7H3,(H2,33,35)(H2,34,36)/t20?,21?,22?,23?,24?,25?,29-,30+,31+,32?/m0/s1. The van der Waals surface area contributed by atoms with Crippen LogP contribution in [0.15, 0.2) is 12.2 Å². The Balaban J connectivity index is 1.49. The summed E-state index contributed by atoms with van der Waals surface area (Å²) >= 11 is 0. The normalized spacial score (nSPS) is 49.0. The maximum atomic E-state index is 11.7. The van der Waals surface area contributed by atoms with E-state index in [1.54, 1.807) is 0 Å². The number of fused-ring (bicyclic) bond motifs is 7. The molecular weight excluding hydrogens is 476 g/mol. The summed E-state index contributed by atoms with van der Waals surface area (Å²) < 4.78 is 11.3. The highest BCUT2D eigenvalue weighted by atomic mass is 16.6. The molecule has 5 rings (SSSR count). The predicted molar refractivity (Wildman–Crippen MR) is 149 cm³/mol. The Labute approximate surface area is 230 Å². The Morgan fingerprint density at radius 3 is 2.16 bits per heavy atom. The van der Waals surface area contributed by atoms with E-state index in [0.29, 0.717) is 36.2 Å². The lowest BCUT2D eigenvalue weighted by molar-refractivity contribution is -0.248. The lowest BCUT2D eigenvalue weighted by atomic mass is 9.32. The molecule has 5 saturated carbocycles. The van der Waals surface area contributed by atoms with Gasteiger partial charge in [-0.15, -0.1) is 0 Å². The van der Waals surface area contributed by atoms with E-state index in [4.69, 9.17) is 20.9 Å². The van der Waals surface area contributed by atoms with Crippen LogP contribution in [-0.2, 0) is 9.47 Å². The summed E-state index contributed by atoms with van der Waals surface area (Å²) in [6.07, 6.45) is 9.97. The van der Waals surface area contributed by atoms with Crippen LogP contribution in [0.5, 0.6) is 0 Å². The van der Waals surface area contributed by atoms with E-state index >= 15 is 0 Å². The van der Waals surface area contributed by atoms with Gasteiger partial charge in [-0.3, -0.25) is 0 Å². The SMILES string of the molecule is C=C(C)C1CCC2(COC(N)=O)CC[C@]3(C)C(CCC4[C@@]5(C)CCC(OC(N)=O)C(C)(C)C5CC[C@]43C)C12. The number of ether oxygens (including phenoxy) is 2. The first-order chi connectivity index (χ1) is 17.6. The van der Waals surface area contributed by atoms with Gasteiger partial charge in [0, 0.05) is 10.8 Å². The molecule has 0 radical (unpaired) electrons. The van der Waals surface area contributed by atoms with E-state index in [-0.39, 0.29) is 33.2 Å². The maximum absolute atomic E-state index is 11.7. The van der Waals surface area contributed by atoms with Crippen LogP contribution in [0.25, 0.3) is 0 Å². The van der Waals surface area contributed by atoms with Crippen molar-refractivity contribution in [2.75, 3.05) is 6.61 Å². The molecule has 6 nitrogen and oxygen atoms in total. The first-order valence-electron chi connectivity index (χ1n) is 15.2. The number of allylic oxidation sites excluding steroid dienone is 1. The minimum Gasteiger partial charge on any atom is -0.449 e. The summed E-state index contributed by atoms with van der Waals surface area (Å²) in [5.74, 6) is 2.73. The van der Waals surface area contributed by atoms with Crippen LogP contribution in [0.2, 0.25) is 0 Å². The molecule has 5 fully saturated rings. The molecule has 0 aromatic carbocycles. The highest BCUT2D eigenvalue weighted by Gasteiger charge is 2.71. The van der Waals surface area contributed by atoms with Crippen molar-refractivity contribution in [1.29, 1.82) is 0 Å². The fraction of sp³-hybridized carbons (Fsp3) is 0.875. The number of amides is 2. The molecule has 7 unspecified atom stereocenters. The van der Waals surface area contributed by atoms with E-state index in [2.05, 4.69) is 48.1 Å². The molecule has 0 aromatic rings. The minimum atomic E-state index is -0.648. The third-order valence-electron chi connectivity index (χ3n) is 13.9. The summed E-state index contributed by atoms with van der Waals surface area (Å²) in [5.41, 5.74) is 12.9. The molecule has 6 heteroatoms. The van der Waals surface area contributed by atoms with Crippen LogP contribution in [-0.4, -0.2) is 24.9 Å². The number of carbonyl (C=O) groups excluding carboxylic acids is 2. The Bertz CT molecular complexity index is 1010. The van der Waals surface area contributed by atoms with Gasteiger partial charge in [-0.25, -0.2) is 9.59 Å². The lowest BCUT2D eigenvalue weighted by Gasteiger charge is -2.73. The molecule has 0 spiro atoms. The zero-order valence-electron chi connectivity index (χ0n) is 24.7. The van der Waals surface area contributed by atoms with Gasteiger partial charge in [0.25, 0.3) is 0 Å². The van der Waals surface area contributed by atoms with Gasteiger partial charge in [0.15, 0.2) is 0 Å². The van der Waals surface area contributed by atoms with Crippen molar-refractivity contribution in [3.8, 4) is 0 Å². The molecule has 10 atom stereocenters. The molecule has 0 heterocycles. The van der Waals surface area contributed by atoms with Gasteiger partial charge < -0.3 is 20.9 Å². The largest absolute Gasteiger partial charge is 0.449 e. The van der Waals surface area contributed by atoms with Crippen molar-refractivity contribution in [2.24, 2.45) is 68.1 Å². The van der Waals surface area contributed by atoms with Gasteiger partial charge in [-0.05, 0) is 117 Å². The van der Waals surface area contributed by atoms with Gasteiger partial charge >= 0.3 is 12.2 Å². The highest BCUT2D eigenvalue weighted by molar-refractivity contribution is 5.65. The Morgan fingerprint density at radius 2 is 1.53 bits per heavy atom. The van der Waals surface area contributed by atoms with Gasteiger partial charge in [-0.2, -0.15) is 0 Å². The fourth-order valence-electron chi connectivity index (χ4n) is 12.1. The lowest BCUT2D eigenvalue weighted by Crippen LogP contribution is -2.67. The number of carbonyl (C=O) groups is 2. The van der Waals surface area contributed by atoms with Crippen molar-refractivity contribution in [1.82, 2.24) is 0 Å². The minimum absolute atomic E-state index is 0.0271. The number of rotatable bonds is 4. The van der Waals surface area contributed by atoms with Gasteiger partial charge in [0.1, 0.15) is 6.10 Å². The van der Waals surface area contributed by atoms with Crippen LogP contribution in [0, 0.1) is 56.7 Å². The predicted octanol–water partition coefficient (Wildman–Crippen LogP) is 7.20. The van der Waals surface area contributed by atoms with Crippen LogP contribution < -0.4 is 11.5 Å². The van der Waals surface area contributed by atoms with Crippen molar-refractivity contribution in [3.05, 3.63) is 12.2 Å². The Kier molecular flexibility index (Phi) is 6.51. The van der Waals surface area contributed by atoms with Crippen LogP contribution in [0.1, 0.15) is 106 Å². The molecule has 0 bridgehead atoms. The van der Waals surface area contributed by atoms with Gasteiger partial charge in [0.05, 0.1) is 6.61 Å². The van der Waals surface area contributed by atoms with E-state index in [1.165, 1.54) is 37.7 Å². The van der Waals surface area contributed by atoms with Crippen molar-refractivity contribution in [2.45, 2.75) is 112 Å². The van der Waals surface area contributed by atoms with Crippen LogP contribution in [0.3, 0.4) is 0 Å². The summed E-state index contributed by atoms with van der Waals surface area (Å²) in [5, 5.41) is 0. The first-order valence-corrected chi connectivity index (χ1v) is 15.2. The number of hydrogen-bond acceptors (Lipinski definition) is 4. The van der Waals surface area contributed by atoms with Gasteiger partial charge in [-0.1, -0.05) is 46.8 Å². The number of nitrogens with two attached hydrogens (primary N) is 2. The molecular formula is C32H52N2O4. The number of hydrogen-bond donors (Lipinski definition) is 2. The van der Waals surface area contributed by atoms with E-state index in [1.807, 2.05) is 0 Å². The zero-order valence-corrected chi connectivity index (χ0v) is 24.7. The monoisotopic (exact) mass is 528 g/mol. The van der Waals surface area contributed by atoms with Crippen molar-refractivity contribution in [3.63, 3.8) is 0 Å². The average molecular weight is 529 g/mol. The van der Waals surface area contributed by atoms with Crippen molar-refractivity contribution < 1.29 is 19.1 Å². The summed E-state index contributed by atoms with van der Waals surface area (Å²) in [6, 6.07) is 0. The van der Waals surface area contributed by atoms with Crippen molar-refractivity contribution >= 4 is 12.2 Å². The molecule has 0 aromatic heterocycles. The van der Waals surface area contributed by atoms with Crippen LogP contribution >= 0.6 is 0 Å². The Morgan fingerprint density at radius 1 is 0.816 bits per heavy atom. The first kappa shape index (κ1) is 27.8. The highest BCUT2D eigenvalue weighted by Crippen LogP contribution is 2.77. The molecule has 38 heavy (non-hydrogen) atoms. The quantitative estimate of drug-likeness (QED) is 0.376. The fourth-order valence-corrected chi connectivity index (χ4v) is 12.1. The van der Waals surface area contributed by atoms with E-state index in [0.717, 1.165) is 32.1 Å². The maximum Gasteiger partial charge on any atom is 0.404 e. The topological polar surface area (TPSA) is 105 Å². The Hall–Kier alpha value is -1.72. The molecule has 214 valence electrons. The second kappa shape index (κ2) is 8.89. The molecule has 4 N–H and O–H groups in total. The average Bonchev–Trinajstić information content (AvgIpc) is 3.20. The molecule has 0 saturated heterocycles. The third kappa shape index (κ3) is 3.70. The second-order valence-corrected chi connectivity index (χ2v) is 15.4. The van der Waals surface area contributed by atoms with Crippen LogP contribution in [0.4, 0.5) is 9.59 Å². The summed E-state index contributed by atoms with van der Waals surface area (Å²) in [6.45, 7) is 19.5. The molecule has 0 aliphatic heterocycles. The van der Waals surface area contributed by atoms with E-state index < -0.39 is 12.2 Å². The summed E-state index contributed by atoms with van der Waals surface area (Å²) in [4.78, 5) is 23.4. The molecule has 5 aliphatic carbocycles. The third-order valence-corrected chi connectivity index (χ3v) is 13.9. The molecule has 5 aliphatic rings. The number of primary amides is 2. The summed E-state index contributed by atoms with van der Waals surface area (Å²) in [7, 11) is 0. The molecule has 2 amide bonds. The smallest absolute Gasteiger partial charge is 0.404 e. The van der Waals surface area contributed by atoms with E-state index in [9.17, 15) is 9.59 Å². The van der Waals surface area contributed by atoms with Gasteiger partial charge in [0.2, 0.25) is 0 Å². The zero-order chi connectivity index (χ0) is 27.9. The second-order valence-electron chi connectivity index (χ2n) is 15.4.